The Balaban J connectivity index is 2.18. The fourth-order valence-corrected chi connectivity index (χ4v) is 2.11. The largest absolute Gasteiger partial charge is 0.436 e. The van der Waals surface area contributed by atoms with E-state index in [0.717, 1.165) is 17.8 Å². The highest BCUT2D eigenvalue weighted by Gasteiger charge is 2.20. The summed E-state index contributed by atoms with van der Waals surface area (Å²) in [5, 5.41) is 2.95. The van der Waals surface area contributed by atoms with Crippen LogP contribution < -0.4 is 5.32 Å². The van der Waals surface area contributed by atoms with Gasteiger partial charge >= 0.3 is 0 Å². The van der Waals surface area contributed by atoms with Crippen molar-refractivity contribution in [3.05, 3.63) is 46.9 Å². The smallest absolute Gasteiger partial charge is 0.289 e. The summed E-state index contributed by atoms with van der Waals surface area (Å²) in [6, 6.07) is 5.66. The molecule has 0 aliphatic carbocycles. The highest BCUT2D eigenvalue weighted by molar-refractivity contribution is 5.92. The number of oxazole rings is 1. The zero-order valence-electron chi connectivity index (χ0n) is 12.2. The predicted octanol–water partition coefficient (Wildman–Crippen LogP) is 2.88. The number of nitrogens with zero attached hydrogens (tertiary/aromatic N) is 2. The first-order valence-electron chi connectivity index (χ1n) is 6.69. The van der Waals surface area contributed by atoms with Gasteiger partial charge in [-0.2, -0.15) is 0 Å². The van der Waals surface area contributed by atoms with E-state index in [4.69, 9.17) is 4.42 Å². The fraction of sp³-hybridized carbons (Fsp3) is 0.400. The lowest BCUT2D eigenvalue weighted by atomic mass is 10.1. The third kappa shape index (κ3) is 3.04. The second-order valence-corrected chi connectivity index (χ2v) is 4.79. The van der Waals surface area contributed by atoms with Crippen LogP contribution >= 0.6 is 0 Å². The van der Waals surface area contributed by atoms with Crippen LogP contribution in [0.25, 0.3) is 0 Å². The van der Waals surface area contributed by atoms with E-state index >= 15 is 0 Å². The first-order chi connectivity index (χ1) is 9.51. The van der Waals surface area contributed by atoms with E-state index in [0.29, 0.717) is 11.6 Å². The van der Waals surface area contributed by atoms with E-state index < -0.39 is 0 Å². The zero-order valence-corrected chi connectivity index (χ0v) is 12.2. The molecule has 1 N–H and O–H groups in total. The van der Waals surface area contributed by atoms with Crippen molar-refractivity contribution in [3.63, 3.8) is 0 Å². The molecule has 5 nitrogen and oxygen atoms in total. The molecule has 0 radical (unpaired) electrons. The summed E-state index contributed by atoms with van der Waals surface area (Å²) in [5.74, 6) is 0.515. The van der Waals surface area contributed by atoms with Crippen molar-refractivity contribution >= 4 is 5.91 Å². The highest BCUT2D eigenvalue weighted by Crippen LogP contribution is 2.17. The van der Waals surface area contributed by atoms with E-state index in [-0.39, 0.29) is 17.7 Å². The molecule has 0 aliphatic rings. The highest BCUT2D eigenvalue weighted by atomic mass is 16.4. The second kappa shape index (κ2) is 5.86. The molecule has 0 spiro atoms. The van der Waals surface area contributed by atoms with Crippen molar-refractivity contribution in [3.8, 4) is 0 Å². The SMILES string of the molecule is CC[C@@H](NC(=O)c1oc(C)nc1C)c1cccc(C)n1. The van der Waals surface area contributed by atoms with Crippen LogP contribution in [0.2, 0.25) is 0 Å². The van der Waals surface area contributed by atoms with Crippen molar-refractivity contribution in [1.82, 2.24) is 15.3 Å². The second-order valence-electron chi connectivity index (χ2n) is 4.79. The van der Waals surface area contributed by atoms with Crippen molar-refractivity contribution in [1.29, 1.82) is 0 Å². The van der Waals surface area contributed by atoms with Gasteiger partial charge in [-0.3, -0.25) is 9.78 Å². The van der Waals surface area contributed by atoms with Gasteiger partial charge in [0, 0.05) is 12.6 Å². The lowest BCUT2D eigenvalue weighted by molar-refractivity contribution is 0.0904. The Kier molecular flexibility index (Phi) is 4.17. The summed E-state index contributed by atoms with van der Waals surface area (Å²) >= 11 is 0. The van der Waals surface area contributed by atoms with E-state index in [1.165, 1.54) is 0 Å². The zero-order chi connectivity index (χ0) is 14.7. The molecule has 2 rings (SSSR count). The molecule has 0 bridgehead atoms. The van der Waals surface area contributed by atoms with Gasteiger partial charge in [0.1, 0.15) is 0 Å². The summed E-state index contributed by atoms with van der Waals surface area (Å²) in [5.41, 5.74) is 2.39. The first-order valence-corrected chi connectivity index (χ1v) is 6.69. The van der Waals surface area contributed by atoms with E-state index in [2.05, 4.69) is 15.3 Å². The van der Waals surface area contributed by atoms with E-state index in [1.54, 1.807) is 13.8 Å². The molecule has 106 valence electrons. The minimum absolute atomic E-state index is 0.132. The van der Waals surface area contributed by atoms with E-state index in [9.17, 15) is 4.79 Å². The maximum atomic E-state index is 12.2. The van der Waals surface area contributed by atoms with Crippen LogP contribution in [0, 0.1) is 20.8 Å². The molecule has 2 heterocycles. The maximum absolute atomic E-state index is 12.2. The molecule has 0 aromatic carbocycles. The lowest BCUT2D eigenvalue weighted by Gasteiger charge is -2.16. The molecule has 2 aromatic rings. The lowest BCUT2D eigenvalue weighted by Crippen LogP contribution is -2.29. The van der Waals surface area contributed by atoms with Gasteiger partial charge < -0.3 is 9.73 Å². The molecule has 0 saturated heterocycles. The molecule has 0 aliphatic heterocycles. The Labute approximate surface area is 118 Å². The Bertz CT molecular complexity index is 619. The monoisotopic (exact) mass is 273 g/mol. The van der Waals surface area contributed by atoms with Crippen LogP contribution in [-0.4, -0.2) is 15.9 Å². The van der Waals surface area contributed by atoms with Gasteiger partial charge in [-0.25, -0.2) is 4.98 Å². The summed E-state index contributed by atoms with van der Waals surface area (Å²) in [4.78, 5) is 20.8. The van der Waals surface area contributed by atoms with Crippen LogP contribution in [0.3, 0.4) is 0 Å². The van der Waals surface area contributed by atoms with Crippen LogP contribution in [0.5, 0.6) is 0 Å². The molecule has 5 heteroatoms. The van der Waals surface area contributed by atoms with Crippen LogP contribution in [0.4, 0.5) is 0 Å². The number of hydrogen-bond acceptors (Lipinski definition) is 4. The van der Waals surface area contributed by atoms with Gasteiger partial charge in [0.25, 0.3) is 5.91 Å². The average Bonchev–Trinajstić information content (AvgIpc) is 2.75. The quantitative estimate of drug-likeness (QED) is 0.930. The van der Waals surface area contributed by atoms with Gasteiger partial charge in [0.15, 0.2) is 5.89 Å². The number of aromatic nitrogens is 2. The summed E-state index contributed by atoms with van der Waals surface area (Å²) in [6.07, 6.45) is 0.758. The van der Waals surface area contributed by atoms with Gasteiger partial charge in [-0.05, 0) is 32.4 Å². The molecule has 1 atom stereocenters. The number of pyridine rings is 1. The Hall–Kier alpha value is -2.17. The molecular weight excluding hydrogens is 254 g/mol. The molecule has 0 saturated carbocycles. The Morgan fingerprint density at radius 2 is 2.05 bits per heavy atom. The molecule has 20 heavy (non-hydrogen) atoms. The van der Waals surface area contributed by atoms with Crippen molar-refractivity contribution in [2.75, 3.05) is 0 Å². The van der Waals surface area contributed by atoms with Gasteiger partial charge in [0.05, 0.1) is 17.4 Å². The first kappa shape index (κ1) is 14.2. The standard InChI is InChI=1S/C15H19N3O2/c1-5-12(13-8-6-7-9(2)16-13)18-15(19)14-10(3)17-11(4)20-14/h6-8,12H,5H2,1-4H3,(H,18,19)/t12-/m1/s1. The van der Waals surface area contributed by atoms with Crippen LogP contribution in [0.1, 0.15) is 52.9 Å². The third-order valence-corrected chi connectivity index (χ3v) is 3.09. The fourth-order valence-electron chi connectivity index (χ4n) is 2.11. The van der Waals surface area contributed by atoms with Crippen LogP contribution in [-0.2, 0) is 0 Å². The summed E-state index contributed by atoms with van der Waals surface area (Å²) in [6.45, 7) is 7.43. The van der Waals surface area contributed by atoms with E-state index in [1.807, 2.05) is 32.0 Å². The topological polar surface area (TPSA) is 68.0 Å². The Morgan fingerprint density at radius 1 is 1.30 bits per heavy atom. The summed E-state index contributed by atoms with van der Waals surface area (Å²) < 4.78 is 5.34. The maximum Gasteiger partial charge on any atom is 0.289 e. The molecule has 2 aromatic heterocycles. The number of rotatable bonds is 4. The number of carbonyl (C=O) groups excluding carboxylic acids is 1. The van der Waals surface area contributed by atoms with Crippen LogP contribution in [0.15, 0.2) is 22.6 Å². The normalized spacial score (nSPS) is 12.2. The van der Waals surface area contributed by atoms with Crippen molar-refractivity contribution in [2.45, 2.75) is 40.2 Å². The number of carbonyl (C=O) groups is 1. The molecule has 1 amide bonds. The average molecular weight is 273 g/mol. The number of amides is 1. The van der Waals surface area contributed by atoms with Gasteiger partial charge in [-0.1, -0.05) is 13.0 Å². The molecule has 0 fully saturated rings. The van der Waals surface area contributed by atoms with Gasteiger partial charge in [0.2, 0.25) is 5.76 Å². The van der Waals surface area contributed by atoms with Crippen molar-refractivity contribution < 1.29 is 9.21 Å². The number of hydrogen-bond donors (Lipinski definition) is 1. The summed E-state index contributed by atoms with van der Waals surface area (Å²) in [7, 11) is 0. The Morgan fingerprint density at radius 3 is 2.60 bits per heavy atom. The number of nitrogens with one attached hydrogen (secondary N) is 1. The molecular formula is C15H19N3O2. The van der Waals surface area contributed by atoms with Crippen molar-refractivity contribution in [2.24, 2.45) is 0 Å². The predicted molar refractivity (Wildman–Crippen MR) is 75.4 cm³/mol. The molecule has 0 unspecified atom stereocenters. The minimum atomic E-state index is -0.252. The van der Waals surface area contributed by atoms with Gasteiger partial charge in [-0.15, -0.1) is 0 Å². The minimum Gasteiger partial charge on any atom is -0.436 e. The number of aryl methyl sites for hydroxylation is 3. The third-order valence-electron chi connectivity index (χ3n) is 3.09.